The first-order valence-electron chi connectivity index (χ1n) is 7.16. The SMILES string of the molecule is O=C1/C(=C/c2cccnc2)SC(=S)N1Cc1cccc(C(F)(F)F)c1. The molecule has 128 valence electrons. The number of rotatable bonds is 3. The number of aromatic nitrogens is 1. The predicted octanol–water partition coefficient (Wildman–Crippen LogP) is 4.50. The van der Waals surface area contributed by atoms with Gasteiger partial charge in [0.15, 0.2) is 0 Å². The molecule has 1 aliphatic rings. The molecule has 1 aliphatic heterocycles. The van der Waals surface area contributed by atoms with Crippen LogP contribution in [0.1, 0.15) is 16.7 Å². The maximum absolute atomic E-state index is 12.8. The third-order valence-corrected chi connectivity index (χ3v) is 4.83. The Balaban J connectivity index is 1.81. The molecule has 1 amide bonds. The maximum Gasteiger partial charge on any atom is 0.416 e. The summed E-state index contributed by atoms with van der Waals surface area (Å²) in [5.41, 5.74) is 0.372. The first kappa shape index (κ1) is 17.6. The lowest BCUT2D eigenvalue weighted by atomic mass is 10.1. The molecular formula is C17H11F3N2OS2. The monoisotopic (exact) mass is 380 g/mol. The Kier molecular flexibility index (Phi) is 4.91. The van der Waals surface area contributed by atoms with Crippen LogP contribution in [0.2, 0.25) is 0 Å². The van der Waals surface area contributed by atoms with E-state index in [0.29, 0.717) is 14.8 Å². The molecule has 0 saturated carbocycles. The molecule has 3 nitrogen and oxygen atoms in total. The zero-order valence-corrected chi connectivity index (χ0v) is 14.3. The van der Waals surface area contributed by atoms with Gasteiger partial charge in [-0.1, -0.05) is 42.2 Å². The summed E-state index contributed by atoms with van der Waals surface area (Å²) in [7, 11) is 0. The molecule has 0 N–H and O–H groups in total. The summed E-state index contributed by atoms with van der Waals surface area (Å²) in [5, 5.41) is 0. The Bertz CT molecular complexity index is 850. The van der Waals surface area contributed by atoms with Crippen LogP contribution in [0.5, 0.6) is 0 Å². The van der Waals surface area contributed by atoms with E-state index in [-0.39, 0.29) is 12.5 Å². The van der Waals surface area contributed by atoms with Gasteiger partial charge in [-0.25, -0.2) is 0 Å². The highest BCUT2D eigenvalue weighted by atomic mass is 32.2. The van der Waals surface area contributed by atoms with Crippen molar-refractivity contribution in [3.05, 3.63) is 70.4 Å². The van der Waals surface area contributed by atoms with Crippen LogP contribution in [-0.4, -0.2) is 20.1 Å². The van der Waals surface area contributed by atoms with E-state index < -0.39 is 11.7 Å². The van der Waals surface area contributed by atoms with Crippen LogP contribution in [0, 0.1) is 0 Å². The van der Waals surface area contributed by atoms with Crippen molar-refractivity contribution in [1.82, 2.24) is 9.88 Å². The maximum atomic E-state index is 12.8. The largest absolute Gasteiger partial charge is 0.416 e. The Morgan fingerprint density at radius 3 is 2.72 bits per heavy atom. The molecule has 2 aromatic rings. The standard InChI is InChI=1S/C17H11F3N2OS2/c18-17(19,20)13-5-1-3-12(7-13)10-22-15(23)14(25-16(22)24)8-11-4-2-6-21-9-11/h1-9H,10H2/b14-8-. The molecule has 0 bridgehead atoms. The van der Waals surface area contributed by atoms with Crippen LogP contribution in [-0.2, 0) is 17.5 Å². The fraction of sp³-hybridized carbons (Fsp3) is 0.118. The van der Waals surface area contributed by atoms with E-state index in [1.165, 1.54) is 11.0 Å². The molecule has 0 atom stereocenters. The van der Waals surface area contributed by atoms with Gasteiger partial charge in [-0.2, -0.15) is 13.2 Å². The Labute approximate surface area is 151 Å². The summed E-state index contributed by atoms with van der Waals surface area (Å²) in [6.07, 6.45) is 0.472. The zero-order valence-electron chi connectivity index (χ0n) is 12.7. The van der Waals surface area contributed by atoms with Gasteiger partial charge in [-0.05, 0) is 35.4 Å². The molecule has 1 aromatic heterocycles. The van der Waals surface area contributed by atoms with E-state index in [1.54, 1.807) is 36.7 Å². The second kappa shape index (κ2) is 6.97. The summed E-state index contributed by atoms with van der Waals surface area (Å²) in [6.45, 7) is -0.00103. The number of pyridine rings is 1. The number of amides is 1. The highest BCUT2D eigenvalue weighted by Crippen LogP contribution is 2.34. The summed E-state index contributed by atoms with van der Waals surface area (Å²) in [5.74, 6) is -0.323. The highest BCUT2D eigenvalue weighted by Gasteiger charge is 2.33. The van der Waals surface area contributed by atoms with Crippen molar-refractivity contribution >= 4 is 40.3 Å². The normalized spacial score (nSPS) is 16.8. The smallest absolute Gasteiger partial charge is 0.288 e. The van der Waals surface area contributed by atoms with Crippen LogP contribution >= 0.6 is 24.0 Å². The van der Waals surface area contributed by atoms with Crippen molar-refractivity contribution in [3.8, 4) is 0 Å². The molecule has 1 fully saturated rings. The van der Waals surface area contributed by atoms with E-state index in [9.17, 15) is 18.0 Å². The average Bonchev–Trinajstić information content (AvgIpc) is 2.83. The molecule has 1 aromatic carbocycles. The molecule has 0 spiro atoms. The average molecular weight is 380 g/mol. The quantitative estimate of drug-likeness (QED) is 0.580. The molecule has 1 saturated heterocycles. The van der Waals surface area contributed by atoms with Crippen molar-refractivity contribution < 1.29 is 18.0 Å². The number of hydrogen-bond donors (Lipinski definition) is 0. The number of benzene rings is 1. The fourth-order valence-electron chi connectivity index (χ4n) is 2.28. The number of thioether (sulfide) groups is 1. The number of carbonyl (C=O) groups excluding carboxylic acids is 1. The third kappa shape index (κ3) is 4.08. The zero-order chi connectivity index (χ0) is 18.0. The Hall–Kier alpha value is -2.19. The first-order chi connectivity index (χ1) is 11.8. The minimum Gasteiger partial charge on any atom is -0.288 e. The summed E-state index contributed by atoms with van der Waals surface area (Å²) < 4.78 is 38.8. The minimum absolute atomic E-state index is 0.00103. The second-order valence-corrected chi connectivity index (χ2v) is 6.93. The summed E-state index contributed by atoms with van der Waals surface area (Å²) in [4.78, 5) is 18.2. The van der Waals surface area contributed by atoms with Gasteiger partial charge in [0.05, 0.1) is 17.0 Å². The van der Waals surface area contributed by atoms with Gasteiger partial charge in [-0.3, -0.25) is 14.7 Å². The second-order valence-electron chi connectivity index (χ2n) is 5.25. The van der Waals surface area contributed by atoms with Crippen LogP contribution < -0.4 is 0 Å². The van der Waals surface area contributed by atoms with Crippen molar-refractivity contribution in [2.75, 3.05) is 0 Å². The van der Waals surface area contributed by atoms with E-state index in [4.69, 9.17) is 12.2 Å². The predicted molar refractivity (Wildman–Crippen MR) is 94.4 cm³/mol. The number of nitrogens with zero attached hydrogens (tertiary/aromatic N) is 2. The van der Waals surface area contributed by atoms with Gasteiger partial charge in [0, 0.05) is 12.4 Å². The van der Waals surface area contributed by atoms with Gasteiger partial charge in [0.2, 0.25) is 0 Å². The molecule has 3 rings (SSSR count). The highest BCUT2D eigenvalue weighted by molar-refractivity contribution is 8.26. The molecule has 25 heavy (non-hydrogen) atoms. The van der Waals surface area contributed by atoms with Gasteiger partial charge in [0.25, 0.3) is 5.91 Å². The van der Waals surface area contributed by atoms with Crippen molar-refractivity contribution in [2.24, 2.45) is 0 Å². The molecule has 8 heteroatoms. The fourth-order valence-corrected chi connectivity index (χ4v) is 3.53. The van der Waals surface area contributed by atoms with Gasteiger partial charge < -0.3 is 0 Å². The van der Waals surface area contributed by atoms with Crippen LogP contribution in [0.3, 0.4) is 0 Å². The number of halogens is 3. The third-order valence-electron chi connectivity index (χ3n) is 3.45. The van der Waals surface area contributed by atoms with Crippen molar-refractivity contribution in [3.63, 3.8) is 0 Å². The summed E-state index contributed by atoms with van der Waals surface area (Å²) >= 11 is 6.33. The first-order valence-corrected chi connectivity index (χ1v) is 8.38. The van der Waals surface area contributed by atoms with E-state index >= 15 is 0 Å². The van der Waals surface area contributed by atoms with Gasteiger partial charge >= 0.3 is 6.18 Å². The van der Waals surface area contributed by atoms with Crippen LogP contribution in [0.4, 0.5) is 13.2 Å². The topological polar surface area (TPSA) is 33.2 Å². The minimum atomic E-state index is -4.42. The van der Waals surface area contributed by atoms with Crippen molar-refractivity contribution in [1.29, 1.82) is 0 Å². The number of thiocarbonyl (C=S) groups is 1. The molecular weight excluding hydrogens is 369 g/mol. The molecule has 0 aliphatic carbocycles. The Morgan fingerprint density at radius 2 is 2.04 bits per heavy atom. The Morgan fingerprint density at radius 1 is 1.24 bits per heavy atom. The number of hydrogen-bond acceptors (Lipinski definition) is 4. The van der Waals surface area contributed by atoms with Gasteiger partial charge in [0.1, 0.15) is 4.32 Å². The van der Waals surface area contributed by atoms with Crippen LogP contribution in [0.15, 0.2) is 53.7 Å². The lowest BCUT2D eigenvalue weighted by Gasteiger charge is -2.15. The van der Waals surface area contributed by atoms with E-state index in [1.807, 2.05) is 0 Å². The van der Waals surface area contributed by atoms with Crippen LogP contribution in [0.25, 0.3) is 6.08 Å². The van der Waals surface area contributed by atoms with E-state index in [0.717, 1.165) is 29.5 Å². The van der Waals surface area contributed by atoms with Crippen molar-refractivity contribution in [2.45, 2.75) is 12.7 Å². The lowest BCUT2D eigenvalue weighted by molar-refractivity contribution is -0.137. The molecule has 2 heterocycles. The summed E-state index contributed by atoms with van der Waals surface area (Å²) in [6, 6.07) is 8.43. The number of alkyl halides is 3. The number of carbonyl (C=O) groups is 1. The molecule has 0 unspecified atom stereocenters. The van der Waals surface area contributed by atoms with Gasteiger partial charge in [-0.15, -0.1) is 0 Å². The lowest BCUT2D eigenvalue weighted by Crippen LogP contribution is -2.27. The molecule has 0 radical (unpaired) electrons. The van der Waals surface area contributed by atoms with E-state index in [2.05, 4.69) is 4.98 Å².